The van der Waals surface area contributed by atoms with Gasteiger partial charge in [-0.1, -0.05) is 51.1 Å². The third kappa shape index (κ3) is 4.34. The van der Waals surface area contributed by atoms with E-state index in [0.717, 1.165) is 16.7 Å². The van der Waals surface area contributed by atoms with Gasteiger partial charge in [-0.15, -0.1) is 0 Å². The van der Waals surface area contributed by atoms with E-state index in [2.05, 4.69) is 26.1 Å². The number of benzene rings is 3. The van der Waals surface area contributed by atoms with Crippen LogP contribution in [0.15, 0.2) is 72.4 Å². The van der Waals surface area contributed by atoms with Crippen LogP contribution in [0.1, 0.15) is 43.0 Å². The minimum absolute atomic E-state index is 0.0263. The van der Waals surface area contributed by atoms with Crippen molar-refractivity contribution in [2.24, 2.45) is 0 Å². The summed E-state index contributed by atoms with van der Waals surface area (Å²) in [5.74, 6) is -0.00590. The van der Waals surface area contributed by atoms with Crippen LogP contribution in [-0.2, 0) is 15.0 Å². The summed E-state index contributed by atoms with van der Waals surface area (Å²) in [6, 6.07) is 20.7. The fraction of sp³-hybridized carbons (Fsp3) is 0.241. The van der Waals surface area contributed by atoms with Crippen molar-refractivity contribution in [3.8, 4) is 5.75 Å². The van der Waals surface area contributed by atoms with Gasteiger partial charge in [-0.2, -0.15) is 0 Å². The van der Waals surface area contributed by atoms with Crippen LogP contribution in [0.2, 0.25) is 0 Å². The molecule has 1 aliphatic rings. The molecule has 5 nitrogen and oxygen atoms in total. The number of hydrogen-bond acceptors (Lipinski definition) is 4. The van der Waals surface area contributed by atoms with Gasteiger partial charge < -0.3 is 10.1 Å². The summed E-state index contributed by atoms with van der Waals surface area (Å²) in [4.78, 5) is 28.6. The fourth-order valence-corrected chi connectivity index (χ4v) is 3.97. The smallest absolute Gasteiger partial charge is 0.282 e. The Hall–Kier alpha value is -3.86. The fourth-order valence-electron chi connectivity index (χ4n) is 3.97. The first-order valence-corrected chi connectivity index (χ1v) is 11.3. The van der Waals surface area contributed by atoms with E-state index >= 15 is 0 Å². The van der Waals surface area contributed by atoms with Crippen LogP contribution >= 0.6 is 0 Å². The third-order valence-corrected chi connectivity index (χ3v) is 6.23. The first kappa shape index (κ1) is 23.3. The molecule has 0 fully saturated rings. The Bertz CT molecular complexity index is 1280. The van der Waals surface area contributed by atoms with Gasteiger partial charge in [0, 0.05) is 5.69 Å². The largest absolute Gasteiger partial charge is 0.497 e. The number of ether oxygens (including phenoxy) is 1. The second-order valence-electron chi connectivity index (χ2n) is 9.65. The van der Waals surface area contributed by atoms with E-state index in [1.807, 2.05) is 80.6 Å². The molecule has 1 aliphatic heterocycles. The number of methoxy groups -OCH3 is 1. The van der Waals surface area contributed by atoms with Crippen molar-refractivity contribution in [3.63, 3.8) is 0 Å². The van der Waals surface area contributed by atoms with Crippen molar-refractivity contribution in [2.75, 3.05) is 17.3 Å². The first-order valence-electron chi connectivity index (χ1n) is 11.3. The molecule has 0 saturated heterocycles. The van der Waals surface area contributed by atoms with E-state index in [1.165, 1.54) is 4.90 Å². The average molecular weight is 455 g/mol. The molecule has 0 saturated carbocycles. The number of nitrogens with one attached hydrogen (secondary N) is 1. The molecule has 5 heteroatoms. The second-order valence-corrected chi connectivity index (χ2v) is 9.65. The number of hydrogen-bond donors (Lipinski definition) is 1. The number of nitrogens with zero attached hydrogens (tertiary/aromatic N) is 1. The first-order chi connectivity index (χ1) is 16.1. The highest BCUT2D eigenvalue weighted by atomic mass is 16.5. The van der Waals surface area contributed by atoms with E-state index in [4.69, 9.17) is 4.74 Å². The molecule has 3 aromatic carbocycles. The predicted octanol–water partition coefficient (Wildman–Crippen LogP) is 6.01. The molecule has 174 valence electrons. The lowest BCUT2D eigenvalue weighted by atomic mass is 9.87. The number of carbonyl (C=O) groups excluding carboxylic acids is 2. The normalized spacial score (nSPS) is 14.1. The van der Waals surface area contributed by atoms with Gasteiger partial charge in [0.1, 0.15) is 11.4 Å². The Morgan fingerprint density at radius 3 is 2.00 bits per heavy atom. The molecule has 0 aliphatic carbocycles. The summed E-state index contributed by atoms with van der Waals surface area (Å²) >= 11 is 0. The molecule has 4 rings (SSSR count). The van der Waals surface area contributed by atoms with Gasteiger partial charge in [0.15, 0.2) is 0 Å². The lowest BCUT2D eigenvalue weighted by Crippen LogP contribution is -2.32. The van der Waals surface area contributed by atoms with E-state index in [1.54, 1.807) is 7.11 Å². The van der Waals surface area contributed by atoms with Crippen molar-refractivity contribution >= 4 is 28.8 Å². The van der Waals surface area contributed by atoms with Crippen LogP contribution in [0.4, 0.5) is 11.4 Å². The number of rotatable bonds is 5. The molecule has 0 spiro atoms. The molecule has 34 heavy (non-hydrogen) atoms. The molecule has 0 unspecified atom stereocenters. The number of amides is 2. The summed E-state index contributed by atoms with van der Waals surface area (Å²) in [6.07, 6.45) is 0. The molecular formula is C29H30N2O3. The van der Waals surface area contributed by atoms with Gasteiger partial charge >= 0.3 is 0 Å². The van der Waals surface area contributed by atoms with Crippen LogP contribution in [0.3, 0.4) is 0 Å². The van der Waals surface area contributed by atoms with Gasteiger partial charge in [-0.05, 0) is 77.9 Å². The Morgan fingerprint density at radius 2 is 1.44 bits per heavy atom. The molecule has 3 aromatic rings. The van der Waals surface area contributed by atoms with Gasteiger partial charge in [-0.3, -0.25) is 9.59 Å². The SMILES string of the molecule is COc1ccc(NC2=C(c3ccc(C)c(C)c3)C(=O)N(c3ccc(C(C)(C)C)cc3)C2=O)cc1. The minimum atomic E-state index is -0.377. The maximum atomic E-state index is 13.7. The van der Waals surface area contributed by atoms with Gasteiger partial charge in [0.2, 0.25) is 0 Å². The van der Waals surface area contributed by atoms with Crippen molar-refractivity contribution in [3.05, 3.63) is 94.7 Å². The average Bonchev–Trinajstić information content (AvgIpc) is 3.05. The number of aryl methyl sites for hydroxylation is 2. The quantitative estimate of drug-likeness (QED) is 0.480. The van der Waals surface area contributed by atoms with E-state index in [9.17, 15) is 9.59 Å². The Kier molecular flexibility index (Phi) is 6.05. The second kappa shape index (κ2) is 8.82. The zero-order valence-electron chi connectivity index (χ0n) is 20.5. The van der Waals surface area contributed by atoms with Crippen LogP contribution in [0.25, 0.3) is 5.57 Å². The molecule has 0 atom stereocenters. The molecule has 0 aromatic heterocycles. The van der Waals surface area contributed by atoms with Crippen molar-refractivity contribution in [1.82, 2.24) is 0 Å². The van der Waals surface area contributed by atoms with Gasteiger partial charge in [0.05, 0.1) is 18.4 Å². The number of carbonyl (C=O) groups is 2. The highest BCUT2D eigenvalue weighted by molar-refractivity contribution is 6.46. The highest BCUT2D eigenvalue weighted by Gasteiger charge is 2.40. The number of imide groups is 1. The van der Waals surface area contributed by atoms with Crippen molar-refractivity contribution < 1.29 is 14.3 Å². The molecule has 1 heterocycles. The van der Waals surface area contributed by atoms with Crippen LogP contribution in [0.5, 0.6) is 5.75 Å². The monoisotopic (exact) mass is 454 g/mol. The maximum absolute atomic E-state index is 13.7. The highest BCUT2D eigenvalue weighted by Crippen LogP contribution is 2.35. The minimum Gasteiger partial charge on any atom is -0.497 e. The molecule has 2 amide bonds. The standard InChI is InChI=1S/C29H30N2O3/c1-18-7-8-20(17-19(18)2)25-26(30-22-11-15-24(34-6)16-12-22)28(33)31(27(25)32)23-13-9-21(10-14-23)29(3,4)5/h7-17,30H,1-6H3. The van der Waals surface area contributed by atoms with E-state index in [0.29, 0.717) is 28.3 Å². The maximum Gasteiger partial charge on any atom is 0.282 e. The van der Waals surface area contributed by atoms with Gasteiger partial charge in [0.25, 0.3) is 11.8 Å². The zero-order chi connectivity index (χ0) is 24.6. The van der Waals surface area contributed by atoms with Crippen molar-refractivity contribution in [1.29, 1.82) is 0 Å². The Labute approximate surface area is 201 Å². The molecule has 1 N–H and O–H groups in total. The Balaban J connectivity index is 1.78. The summed E-state index contributed by atoms with van der Waals surface area (Å²) in [5, 5.41) is 3.20. The summed E-state index contributed by atoms with van der Waals surface area (Å²) in [6.45, 7) is 10.4. The van der Waals surface area contributed by atoms with Gasteiger partial charge in [-0.25, -0.2) is 4.90 Å². The predicted molar refractivity (Wildman–Crippen MR) is 137 cm³/mol. The van der Waals surface area contributed by atoms with Crippen molar-refractivity contribution in [2.45, 2.75) is 40.0 Å². The third-order valence-electron chi connectivity index (χ3n) is 6.23. The van der Waals surface area contributed by atoms with Crippen LogP contribution < -0.4 is 15.0 Å². The lowest BCUT2D eigenvalue weighted by molar-refractivity contribution is -0.120. The molecule has 0 radical (unpaired) electrons. The number of anilines is 2. The topological polar surface area (TPSA) is 58.6 Å². The molecular weight excluding hydrogens is 424 g/mol. The van der Waals surface area contributed by atoms with E-state index < -0.39 is 0 Å². The Morgan fingerprint density at radius 1 is 0.794 bits per heavy atom. The summed E-state index contributed by atoms with van der Waals surface area (Å²) < 4.78 is 5.23. The van der Waals surface area contributed by atoms with Crippen LogP contribution in [0, 0.1) is 13.8 Å². The van der Waals surface area contributed by atoms with E-state index in [-0.39, 0.29) is 22.9 Å². The summed E-state index contributed by atoms with van der Waals surface area (Å²) in [5.41, 5.74) is 5.88. The summed E-state index contributed by atoms with van der Waals surface area (Å²) in [7, 11) is 1.60. The molecule has 0 bridgehead atoms. The van der Waals surface area contributed by atoms with Crippen LogP contribution in [-0.4, -0.2) is 18.9 Å². The lowest BCUT2D eigenvalue weighted by Gasteiger charge is -2.21. The zero-order valence-corrected chi connectivity index (χ0v) is 20.5.